The number of carbonyl (C=O) groups is 1. The quantitative estimate of drug-likeness (QED) is 0.417. The van der Waals surface area contributed by atoms with Crippen LogP contribution in [0.2, 0.25) is 0 Å². The zero-order valence-corrected chi connectivity index (χ0v) is 15.6. The second-order valence-electron chi connectivity index (χ2n) is 6.44. The van der Waals surface area contributed by atoms with Crippen LogP contribution in [0.25, 0.3) is 0 Å². The van der Waals surface area contributed by atoms with E-state index in [4.69, 9.17) is 4.74 Å². The summed E-state index contributed by atoms with van der Waals surface area (Å²) in [4.78, 5) is 11.7. The number of carbonyl (C=O) groups excluding carboxylic acids is 1. The number of hydrogen-bond donors (Lipinski definition) is 2. The molecule has 6 nitrogen and oxygen atoms in total. The lowest BCUT2D eigenvalue weighted by Crippen LogP contribution is -2.37. The van der Waals surface area contributed by atoms with E-state index in [1.165, 1.54) is 45.6 Å². The smallest absolute Gasteiger partial charge is 0.338 e. The average Bonchev–Trinajstić information content (AvgIpc) is 2.87. The number of esters is 1. The zero-order valence-electron chi connectivity index (χ0n) is 14.8. The Morgan fingerprint density at radius 3 is 2.48 bits per heavy atom. The highest BCUT2D eigenvalue weighted by atomic mass is 32.2. The Morgan fingerprint density at radius 1 is 1.12 bits per heavy atom. The Labute approximate surface area is 150 Å². The minimum Gasteiger partial charge on any atom is -0.465 e. The minimum atomic E-state index is -3.51. The molecule has 1 fully saturated rings. The molecule has 1 aromatic carbocycles. The Morgan fingerprint density at radius 2 is 1.80 bits per heavy atom. The molecule has 1 aromatic rings. The van der Waals surface area contributed by atoms with Crippen LogP contribution >= 0.6 is 0 Å². The Hall–Kier alpha value is -1.44. The molecule has 0 atom stereocenters. The van der Waals surface area contributed by atoms with Gasteiger partial charge < -0.3 is 10.1 Å². The first-order valence-corrected chi connectivity index (χ1v) is 10.5. The lowest BCUT2D eigenvalue weighted by atomic mass is 10.1. The van der Waals surface area contributed by atoms with Crippen molar-refractivity contribution >= 4 is 16.0 Å². The summed E-state index contributed by atoms with van der Waals surface area (Å²) in [5.41, 5.74) is 0.727. The minimum absolute atomic E-state index is 0.234. The molecule has 0 unspecified atom stereocenters. The molecule has 0 saturated heterocycles. The van der Waals surface area contributed by atoms with Crippen molar-refractivity contribution in [3.8, 4) is 0 Å². The zero-order chi connectivity index (χ0) is 18.1. The SMILES string of the molecule is COC(=O)c1ccccc1CS(=O)(=O)NCCNC1CCCCCC1. The van der Waals surface area contributed by atoms with Crippen LogP contribution in [-0.2, 0) is 20.5 Å². The van der Waals surface area contributed by atoms with Crippen LogP contribution in [0.15, 0.2) is 24.3 Å². The largest absolute Gasteiger partial charge is 0.465 e. The summed E-state index contributed by atoms with van der Waals surface area (Å²) in [6.45, 7) is 0.960. The lowest BCUT2D eigenvalue weighted by Gasteiger charge is -2.16. The van der Waals surface area contributed by atoms with Gasteiger partial charge in [0, 0.05) is 19.1 Å². The van der Waals surface area contributed by atoms with Crippen molar-refractivity contribution in [2.45, 2.75) is 50.3 Å². The van der Waals surface area contributed by atoms with Gasteiger partial charge in [-0.1, -0.05) is 43.9 Å². The molecule has 140 valence electrons. The van der Waals surface area contributed by atoms with Crippen molar-refractivity contribution < 1.29 is 17.9 Å². The Balaban J connectivity index is 1.83. The Bertz CT molecular complexity index is 653. The highest BCUT2D eigenvalue weighted by Gasteiger charge is 2.18. The first kappa shape index (κ1) is 19.9. The van der Waals surface area contributed by atoms with Gasteiger partial charge in [0.15, 0.2) is 0 Å². The molecule has 2 rings (SSSR count). The summed E-state index contributed by atoms with van der Waals surface area (Å²) in [6, 6.07) is 7.10. The van der Waals surface area contributed by atoms with Crippen molar-refractivity contribution in [1.82, 2.24) is 10.0 Å². The molecule has 1 aliphatic rings. The van der Waals surface area contributed by atoms with Crippen LogP contribution in [-0.4, -0.2) is 40.6 Å². The molecule has 0 heterocycles. The molecule has 1 aliphatic carbocycles. The molecular formula is C18H28N2O4S. The van der Waals surface area contributed by atoms with Gasteiger partial charge in [0.05, 0.1) is 18.4 Å². The molecule has 1 saturated carbocycles. The van der Waals surface area contributed by atoms with E-state index in [0.717, 1.165) is 0 Å². The summed E-state index contributed by atoms with van der Waals surface area (Å²) in [5, 5.41) is 3.44. The summed E-state index contributed by atoms with van der Waals surface area (Å²) < 4.78 is 31.9. The summed E-state index contributed by atoms with van der Waals surface area (Å²) >= 11 is 0. The third-order valence-electron chi connectivity index (χ3n) is 4.50. The van der Waals surface area contributed by atoms with Crippen molar-refractivity contribution in [3.63, 3.8) is 0 Å². The molecule has 0 spiro atoms. The molecular weight excluding hydrogens is 340 g/mol. The van der Waals surface area contributed by atoms with Gasteiger partial charge in [-0.25, -0.2) is 17.9 Å². The fraction of sp³-hybridized carbons (Fsp3) is 0.611. The van der Waals surface area contributed by atoms with Crippen molar-refractivity contribution in [2.24, 2.45) is 0 Å². The van der Waals surface area contributed by atoms with Crippen molar-refractivity contribution in [2.75, 3.05) is 20.2 Å². The summed E-state index contributed by atoms with van der Waals surface area (Å²) in [6.07, 6.45) is 7.41. The maximum Gasteiger partial charge on any atom is 0.338 e. The first-order valence-electron chi connectivity index (χ1n) is 8.89. The number of nitrogens with one attached hydrogen (secondary N) is 2. The summed E-state index contributed by atoms with van der Waals surface area (Å²) in [5.74, 6) is -0.761. The summed E-state index contributed by atoms with van der Waals surface area (Å²) in [7, 11) is -2.22. The fourth-order valence-corrected chi connectivity index (χ4v) is 4.35. The van der Waals surface area contributed by atoms with Gasteiger partial charge in [0.1, 0.15) is 0 Å². The van der Waals surface area contributed by atoms with Gasteiger partial charge in [-0.05, 0) is 24.5 Å². The van der Waals surface area contributed by atoms with Gasteiger partial charge in [-0.3, -0.25) is 0 Å². The number of hydrogen-bond acceptors (Lipinski definition) is 5. The fourth-order valence-electron chi connectivity index (χ4n) is 3.18. The maximum atomic E-state index is 12.3. The van der Waals surface area contributed by atoms with Crippen LogP contribution in [0.1, 0.15) is 54.4 Å². The number of methoxy groups -OCH3 is 1. The van der Waals surface area contributed by atoms with E-state index in [1.54, 1.807) is 24.3 Å². The number of sulfonamides is 1. The van der Waals surface area contributed by atoms with E-state index < -0.39 is 16.0 Å². The normalized spacial score (nSPS) is 16.4. The second kappa shape index (κ2) is 9.89. The maximum absolute atomic E-state index is 12.3. The lowest BCUT2D eigenvalue weighted by molar-refractivity contribution is 0.0600. The van der Waals surface area contributed by atoms with Crippen LogP contribution in [0.4, 0.5) is 0 Å². The third-order valence-corrected chi connectivity index (χ3v) is 5.84. The molecule has 0 bridgehead atoms. The molecule has 25 heavy (non-hydrogen) atoms. The van der Waals surface area contributed by atoms with Gasteiger partial charge in [-0.2, -0.15) is 0 Å². The highest BCUT2D eigenvalue weighted by molar-refractivity contribution is 7.88. The van der Waals surface area contributed by atoms with E-state index in [-0.39, 0.29) is 11.3 Å². The van der Waals surface area contributed by atoms with E-state index in [9.17, 15) is 13.2 Å². The van der Waals surface area contributed by atoms with E-state index in [0.29, 0.717) is 24.7 Å². The van der Waals surface area contributed by atoms with Crippen molar-refractivity contribution in [3.05, 3.63) is 35.4 Å². The first-order chi connectivity index (χ1) is 12.0. The van der Waals surface area contributed by atoms with Gasteiger partial charge in [0.2, 0.25) is 10.0 Å². The predicted molar refractivity (Wildman–Crippen MR) is 97.9 cm³/mol. The molecule has 0 radical (unpaired) electrons. The molecule has 0 amide bonds. The topological polar surface area (TPSA) is 84.5 Å². The standard InChI is InChI=1S/C18H28N2O4S/c1-24-18(21)17-11-7-6-8-15(17)14-25(22,23)20-13-12-19-16-9-4-2-3-5-10-16/h6-8,11,16,19-20H,2-5,9-10,12-14H2,1H3. The molecule has 7 heteroatoms. The monoisotopic (exact) mass is 368 g/mol. The van der Waals surface area contributed by atoms with Crippen molar-refractivity contribution in [1.29, 1.82) is 0 Å². The van der Waals surface area contributed by atoms with Gasteiger partial charge in [0.25, 0.3) is 0 Å². The third kappa shape index (κ3) is 6.76. The average molecular weight is 368 g/mol. The van der Waals surface area contributed by atoms with Crippen LogP contribution in [0, 0.1) is 0 Å². The number of rotatable bonds is 8. The van der Waals surface area contributed by atoms with Gasteiger partial charge >= 0.3 is 5.97 Å². The predicted octanol–water partition coefficient (Wildman–Crippen LogP) is 2.21. The van der Waals surface area contributed by atoms with Crippen LogP contribution < -0.4 is 10.0 Å². The van der Waals surface area contributed by atoms with E-state index in [2.05, 4.69) is 10.0 Å². The molecule has 0 aromatic heterocycles. The highest BCUT2D eigenvalue weighted by Crippen LogP contribution is 2.17. The van der Waals surface area contributed by atoms with E-state index in [1.807, 2.05) is 0 Å². The van der Waals surface area contributed by atoms with E-state index >= 15 is 0 Å². The van der Waals surface area contributed by atoms with Crippen LogP contribution in [0.3, 0.4) is 0 Å². The second-order valence-corrected chi connectivity index (χ2v) is 8.25. The van der Waals surface area contributed by atoms with Gasteiger partial charge in [-0.15, -0.1) is 0 Å². The number of ether oxygens (including phenoxy) is 1. The molecule has 2 N–H and O–H groups in total. The Kier molecular flexibility index (Phi) is 7.87. The number of benzene rings is 1. The molecule has 0 aliphatic heterocycles. The van der Waals surface area contributed by atoms with Crippen LogP contribution in [0.5, 0.6) is 0 Å².